The van der Waals surface area contributed by atoms with Crippen LogP contribution in [0.2, 0.25) is 5.02 Å². The van der Waals surface area contributed by atoms with Crippen LogP contribution in [0, 0.1) is 0 Å². The van der Waals surface area contributed by atoms with Crippen LogP contribution in [0.3, 0.4) is 0 Å². The maximum atomic E-state index is 13.3. The van der Waals surface area contributed by atoms with E-state index in [-0.39, 0.29) is 18.1 Å². The topological polar surface area (TPSA) is 62.2 Å². The number of aromatic nitrogens is 1. The highest BCUT2D eigenvalue weighted by Crippen LogP contribution is 2.34. The highest BCUT2D eigenvalue weighted by atomic mass is 35.5. The van der Waals surface area contributed by atoms with Crippen molar-refractivity contribution in [3.8, 4) is 0 Å². The number of anilines is 1. The fourth-order valence-electron chi connectivity index (χ4n) is 3.10. The smallest absolute Gasteiger partial charge is 0.196 e. The summed E-state index contributed by atoms with van der Waals surface area (Å²) >= 11 is 7.62. The largest absolute Gasteiger partial charge is 0.394 e. The van der Waals surface area contributed by atoms with Crippen molar-refractivity contribution < 1.29 is 5.11 Å². The average molecular weight is 385 g/mol. The molecule has 1 atom stereocenters. The first kappa shape index (κ1) is 17.2. The van der Waals surface area contributed by atoms with Gasteiger partial charge in [0.25, 0.3) is 0 Å². The Morgan fingerprint density at radius 2 is 2.04 bits per heavy atom. The molecule has 4 aromatic rings. The summed E-state index contributed by atoms with van der Waals surface area (Å²) in [4.78, 5) is 18.0. The number of aliphatic hydroxyl groups is 1. The lowest BCUT2D eigenvalue weighted by molar-refractivity contribution is 0.271. The van der Waals surface area contributed by atoms with Crippen LogP contribution in [-0.4, -0.2) is 22.7 Å². The number of hydrogen-bond donors (Lipinski definition) is 2. The van der Waals surface area contributed by atoms with E-state index in [0.717, 1.165) is 26.7 Å². The van der Waals surface area contributed by atoms with E-state index < -0.39 is 0 Å². The molecule has 2 aromatic heterocycles. The molecule has 0 fully saturated rings. The van der Waals surface area contributed by atoms with Gasteiger partial charge < -0.3 is 10.4 Å². The number of para-hydroxylation sites is 1. The number of nitrogens with one attached hydrogen (secondary N) is 1. The van der Waals surface area contributed by atoms with Crippen LogP contribution in [0.15, 0.2) is 47.3 Å². The number of aliphatic hydroxyl groups excluding tert-OH is 1. The van der Waals surface area contributed by atoms with Gasteiger partial charge in [-0.05, 0) is 30.7 Å². The zero-order valence-electron chi connectivity index (χ0n) is 14.1. The minimum atomic E-state index is -0.116. The zero-order valence-corrected chi connectivity index (χ0v) is 15.7. The second-order valence-corrected chi connectivity index (χ2v) is 7.67. The van der Waals surface area contributed by atoms with E-state index in [1.807, 2.05) is 37.3 Å². The van der Waals surface area contributed by atoms with E-state index in [9.17, 15) is 9.90 Å². The van der Waals surface area contributed by atoms with Gasteiger partial charge in [0, 0.05) is 20.5 Å². The minimum Gasteiger partial charge on any atom is -0.394 e. The first-order valence-corrected chi connectivity index (χ1v) is 9.64. The van der Waals surface area contributed by atoms with Crippen LogP contribution < -0.4 is 10.7 Å². The van der Waals surface area contributed by atoms with Crippen molar-refractivity contribution in [3.63, 3.8) is 0 Å². The summed E-state index contributed by atoms with van der Waals surface area (Å²) in [6, 6.07) is 12.9. The van der Waals surface area contributed by atoms with E-state index >= 15 is 0 Å². The second kappa shape index (κ2) is 6.83. The maximum absolute atomic E-state index is 13.3. The molecule has 0 amide bonds. The van der Waals surface area contributed by atoms with Crippen molar-refractivity contribution in [2.24, 2.45) is 0 Å². The Morgan fingerprint density at radius 1 is 1.23 bits per heavy atom. The fourth-order valence-corrected chi connectivity index (χ4v) is 4.40. The molecule has 132 valence electrons. The van der Waals surface area contributed by atoms with E-state index in [2.05, 4.69) is 5.32 Å². The Kier molecular flexibility index (Phi) is 4.53. The number of rotatable bonds is 4. The highest BCUT2D eigenvalue weighted by Gasteiger charge is 2.16. The molecule has 0 spiro atoms. The molecule has 0 aliphatic heterocycles. The Bertz CT molecular complexity index is 1190. The minimum absolute atomic E-state index is 0.00455. The Labute approximate surface area is 159 Å². The summed E-state index contributed by atoms with van der Waals surface area (Å²) in [5, 5.41) is 15.5. The van der Waals surface area contributed by atoms with Gasteiger partial charge >= 0.3 is 0 Å². The molecule has 26 heavy (non-hydrogen) atoms. The van der Waals surface area contributed by atoms with Crippen LogP contribution in [0.4, 0.5) is 5.82 Å². The summed E-state index contributed by atoms with van der Waals surface area (Å²) in [7, 11) is 0. The molecule has 4 nitrogen and oxygen atoms in total. The van der Waals surface area contributed by atoms with Crippen molar-refractivity contribution in [2.45, 2.75) is 19.4 Å². The zero-order chi connectivity index (χ0) is 18.3. The summed E-state index contributed by atoms with van der Waals surface area (Å²) in [5.74, 6) is 0.638. The molecule has 2 aromatic carbocycles. The number of hydrogen-bond acceptors (Lipinski definition) is 5. The predicted molar refractivity (Wildman–Crippen MR) is 111 cm³/mol. The number of benzene rings is 2. The van der Waals surface area contributed by atoms with Crippen LogP contribution in [-0.2, 0) is 0 Å². The molecular formula is C20H17ClN2O2S. The number of nitrogens with zero attached hydrogens (tertiary/aromatic N) is 1. The third-order valence-electron chi connectivity index (χ3n) is 4.53. The lowest BCUT2D eigenvalue weighted by atomic mass is 10.1. The SMILES string of the molecule is CCC(CO)Nc1nc2ccccc2c2c(=O)c3cc(Cl)ccc3sc12. The third kappa shape index (κ3) is 2.82. The monoisotopic (exact) mass is 384 g/mol. The van der Waals surface area contributed by atoms with Crippen molar-refractivity contribution in [1.29, 1.82) is 0 Å². The van der Waals surface area contributed by atoms with Crippen molar-refractivity contribution in [2.75, 3.05) is 11.9 Å². The first-order valence-electron chi connectivity index (χ1n) is 8.44. The van der Waals surface area contributed by atoms with Gasteiger partial charge in [-0.2, -0.15) is 0 Å². The van der Waals surface area contributed by atoms with Gasteiger partial charge in [0.2, 0.25) is 0 Å². The van der Waals surface area contributed by atoms with Crippen LogP contribution in [0.1, 0.15) is 13.3 Å². The van der Waals surface area contributed by atoms with E-state index in [1.165, 1.54) is 11.3 Å². The average Bonchev–Trinajstić information content (AvgIpc) is 2.66. The number of halogens is 1. The van der Waals surface area contributed by atoms with Crippen LogP contribution in [0.5, 0.6) is 0 Å². The van der Waals surface area contributed by atoms with Crippen LogP contribution >= 0.6 is 22.9 Å². The molecule has 2 heterocycles. The second-order valence-electron chi connectivity index (χ2n) is 6.19. The molecule has 0 saturated heterocycles. The number of pyridine rings is 1. The molecule has 6 heteroatoms. The van der Waals surface area contributed by atoms with Gasteiger partial charge in [0.05, 0.1) is 28.3 Å². The lowest BCUT2D eigenvalue weighted by Crippen LogP contribution is -2.23. The third-order valence-corrected chi connectivity index (χ3v) is 5.94. The van der Waals surface area contributed by atoms with Gasteiger partial charge in [-0.3, -0.25) is 4.79 Å². The molecular weight excluding hydrogens is 368 g/mol. The standard InChI is InChI=1S/C20H17ClN2O2S/c1-2-12(10-24)22-20-19-17(13-5-3-4-6-15(13)23-20)18(25)14-9-11(21)7-8-16(14)26-19/h3-9,12,24H,2,10H2,1H3,(H,22,23). The van der Waals surface area contributed by atoms with Gasteiger partial charge in [-0.15, -0.1) is 11.3 Å². The summed E-state index contributed by atoms with van der Waals surface area (Å²) in [6.07, 6.45) is 0.755. The molecule has 0 radical (unpaired) electrons. The molecule has 2 N–H and O–H groups in total. The van der Waals surface area contributed by atoms with E-state index in [1.54, 1.807) is 12.1 Å². The highest BCUT2D eigenvalue weighted by molar-refractivity contribution is 7.25. The van der Waals surface area contributed by atoms with Gasteiger partial charge in [-0.25, -0.2) is 4.98 Å². The predicted octanol–water partition coefficient (Wildman–Crippen LogP) is 4.80. The molecule has 1 unspecified atom stereocenters. The van der Waals surface area contributed by atoms with Crippen molar-refractivity contribution >= 4 is 59.8 Å². The molecule has 0 aliphatic carbocycles. The maximum Gasteiger partial charge on any atom is 0.196 e. The van der Waals surface area contributed by atoms with E-state index in [4.69, 9.17) is 16.6 Å². The quantitative estimate of drug-likeness (QED) is 0.392. The molecule has 4 rings (SSSR count). The summed E-state index contributed by atoms with van der Waals surface area (Å²) in [6.45, 7) is 2.00. The van der Waals surface area contributed by atoms with Crippen molar-refractivity contribution in [3.05, 3.63) is 57.7 Å². The van der Waals surface area contributed by atoms with Gasteiger partial charge in [0.15, 0.2) is 5.43 Å². The van der Waals surface area contributed by atoms with Gasteiger partial charge in [-0.1, -0.05) is 36.7 Å². The van der Waals surface area contributed by atoms with E-state index in [0.29, 0.717) is 21.6 Å². The Morgan fingerprint density at radius 3 is 2.81 bits per heavy atom. The normalized spacial score (nSPS) is 12.7. The lowest BCUT2D eigenvalue weighted by Gasteiger charge is -2.17. The molecule has 0 aliphatic rings. The first-order chi connectivity index (χ1) is 12.6. The molecule has 0 bridgehead atoms. The Hall–Kier alpha value is -2.21. The van der Waals surface area contributed by atoms with Crippen molar-refractivity contribution in [1.82, 2.24) is 4.98 Å². The summed E-state index contributed by atoms with van der Waals surface area (Å²) < 4.78 is 1.67. The molecule has 0 saturated carbocycles. The summed E-state index contributed by atoms with van der Waals surface area (Å²) in [5.41, 5.74) is 0.705. The van der Waals surface area contributed by atoms with Crippen LogP contribution in [0.25, 0.3) is 31.1 Å². The Balaban J connectivity index is 2.15. The fraction of sp³-hybridized carbons (Fsp3) is 0.200. The van der Waals surface area contributed by atoms with Gasteiger partial charge in [0.1, 0.15) is 5.82 Å². The number of fused-ring (bicyclic) bond motifs is 4.